The van der Waals surface area contributed by atoms with Gasteiger partial charge in [-0.2, -0.15) is 0 Å². The van der Waals surface area contributed by atoms with Gasteiger partial charge in [0, 0.05) is 30.5 Å². The topological polar surface area (TPSA) is 96.4 Å². The lowest BCUT2D eigenvalue weighted by Gasteiger charge is -2.23. The minimum Gasteiger partial charge on any atom is -0.338 e. The Balaban J connectivity index is 1.74. The summed E-state index contributed by atoms with van der Waals surface area (Å²) in [7, 11) is -1.57. The summed E-state index contributed by atoms with van der Waals surface area (Å²) < 4.78 is 36.5. The number of nitrogens with one attached hydrogen (secondary N) is 1. The number of halogens is 1. The lowest BCUT2D eigenvalue weighted by atomic mass is 10.1. The molecule has 1 unspecified atom stereocenters. The number of nitrogens with zero attached hydrogens (tertiary/aromatic N) is 2. The molecule has 0 aliphatic carbocycles. The molecular weight excluding hydrogens is 373 g/mol. The second-order valence-corrected chi connectivity index (χ2v) is 8.60. The Morgan fingerprint density at radius 3 is 2.70 bits per heavy atom. The molecule has 7 nitrogen and oxygen atoms in total. The quantitative estimate of drug-likeness (QED) is 0.856. The number of aromatic nitrogens is 1. The van der Waals surface area contributed by atoms with E-state index in [0.29, 0.717) is 6.42 Å². The van der Waals surface area contributed by atoms with Crippen molar-refractivity contribution in [1.82, 2.24) is 9.88 Å². The van der Waals surface area contributed by atoms with Gasteiger partial charge >= 0.3 is 0 Å². The molecule has 0 bridgehead atoms. The standard InChI is InChI=1S/C18H18FN3O4S/c1-22(15-6-8-27(25,26)11-15)18(24)12-5-7-20-16(9-12)17(23)21-14-4-2-3-13(19)10-14/h2-5,7,9-10,15H,6,8,11H2,1H3,(H,21,23). The van der Waals surface area contributed by atoms with E-state index in [1.165, 1.54) is 47.5 Å². The smallest absolute Gasteiger partial charge is 0.274 e. The number of rotatable bonds is 4. The Morgan fingerprint density at radius 2 is 2.04 bits per heavy atom. The van der Waals surface area contributed by atoms with Gasteiger partial charge in [0.1, 0.15) is 11.5 Å². The zero-order valence-electron chi connectivity index (χ0n) is 14.6. The van der Waals surface area contributed by atoms with Crippen molar-refractivity contribution in [3.05, 3.63) is 59.7 Å². The van der Waals surface area contributed by atoms with Crippen LogP contribution in [0.5, 0.6) is 0 Å². The number of pyridine rings is 1. The first kappa shape index (κ1) is 19.0. The average molecular weight is 391 g/mol. The van der Waals surface area contributed by atoms with Gasteiger partial charge in [0.2, 0.25) is 0 Å². The number of carbonyl (C=O) groups excluding carboxylic acids is 2. The van der Waals surface area contributed by atoms with E-state index in [1.54, 1.807) is 7.05 Å². The molecule has 27 heavy (non-hydrogen) atoms. The van der Waals surface area contributed by atoms with Crippen LogP contribution in [0.1, 0.15) is 27.3 Å². The highest BCUT2D eigenvalue weighted by molar-refractivity contribution is 7.91. The molecule has 1 aromatic heterocycles. The van der Waals surface area contributed by atoms with Crippen LogP contribution in [0.2, 0.25) is 0 Å². The molecule has 0 saturated carbocycles. The van der Waals surface area contributed by atoms with Crippen LogP contribution in [0.4, 0.5) is 10.1 Å². The van der Waals surface area contributed by atoms with Gasteiger partial charge in [-0.3, -0.25) is 14.6 Å². The van der Waals surface area contributed by atoms with E-state index < -0.39 is 21.6 Å². The predicted octanol–water partition coefficient (Wildman–Crippen LogP) is 1.73. The molecule has 1 N–H and O–H groups in total. The van der Waals surface area contributed by atoms with Crippen molar-refractivity contribution in [1.29, 1.82) is 0 Å². The zero-order valence-corrected chi connectivity index (χ0v) is 15.4. The van der Waals surface area contributed by atoms with E-state index in [1.807, 2.05) is 0 Å². The first-order valence-corrected chi connectivity index (χ1v) is 10.1. The van der Waals surface area contributed by atoms with Crippen molar-refractivity contribution >= 4 is 27.3 Å². The molecule has 1 aromatic carbocycles. The van der Waals surface area contributed by atoms with Gasteiger partial charge in [-0.1, -0.05) is 6.07 Å². The highest BCUT2D eigenvalue weighted by Crippen LogP contribution is 2.19. The van der Waals surface area contributed by atoms with Crippen molar-refractivity contribution in [3.63, 3.8) is 0 Å². The average Bonchev–Trinajstić information content (AvgIpc) is 3.00. The van der Waals surface area contributed by atoms with Crippen LogP contribution in [0.15, 0.2) is 42.6 Å². The van der Waals surface area contributed by atoms with Crippen LogP contribution in [0, 0.1) is 5.82 Å². The fraction of sp³-hybridized carbons (Fsp3) is 0.278. The van der Waals surface area contributed by atoms with E-state index in [0.717, 1.165) is 0 Å². The molecule has 2 aromatic rings. The Labute approximate surface area is 156 Å². The van der Waals surface area contributed by atoms with E-state index >= 15 is 0 Å². The van der Waals surface area contributed by atoms with Crippen LogP contribution < -0.4 is 5.32 Å². The molecule has 3 rings (SSSR count). The van der Waals surface area contributed by atoms with Crippen LogP contribution in [0.3, 0.4) is 0 Å². The van der Waals surface area contributed by atoms with E-state index in [4.69, 9.17) is 0 Å². The minimum absolute atomic E-state index is 0.00226. The third-order valence-electron chi connectivity index (χ3n) is 4.40. The van der Waals surface area contributed by atoms with Gasteiger partial charge in [0.05, 0.1) is 11.5 Å². The highest BCUT2D eigenvalue weighted by atomic mass is 32.2. The van der Waals surface area contributed by atoms with E-state index in [-0.39, 0.29) is 40.4 Å². The largest absolute Gasteiger partial charge is 0.338 e. The molecule has 0 radical (unpaired) electrons. The molecule has 9 heteroatoms. The van der Waals surface area contributed by atoms with Gasteiger partial charge in [0.25, 0.3) is 11.8 Å². The SMILES string of the molecule is CN(C(=O)c1ccnc(C(=O)Nc2cccc(F)c2)c1)C1CCS(=O)(=O)C1. The third kappa shape index (κ3) is 4.48. The fourth-order valence-electron chi connectivity index (χ4n) is 2.90. The molecule has 2 heterocycles. The Bertz CT molecular complexity index is 994. The molecular formula is C18H18FN3O4S. The number of hydrogen-bond donors (Lipinski definition) is 1. The summed E-state index contributed by atoms with van der Waals surface area (Å²) in [6, 6.07) is 7.82. The number of sulfone groups is 1. The number of carbonyl (C=O) groups is 2. The Morgan fingerprint density at radius 1 is 1.26 bits per heavy atom. The second-order valence-electron chi connectivity index (χ2n) is 6.37. The molecule has 1 saturated heterocycles. The maximum Gasteiger partial charge on any atom is 0.274 e. The van der Waals surface area contributed by atoms with Crippen LogP contribution >= 0.6 is 0 Å². The fourth-order valence-corrected chi connectivity index (χ4v) is 4.67. The molecule has 1 atom stereocenters. The number of amides is 2. The molecule has 1 aliphatic rings. The van der Waals surface area contributed by atoms with Gasteiger partial charge in [-0.15, -0.1) is 0 Å². The summed E-state index contributed by atoms with van der Waals surface area (Å²) >= 11 is 0. The van der Waals surface area contributed by atoms with Crippen molar-refractivity contribution in [2.45, 2.75) is 12.5 Å². The molecule has 1 aliphatic heterocycles. The molecule has 0 spiro atoms. The Kier molecular flexibility index (Phi) is 5.22. The summed E-state index contributed by atoms with van der Waals surface area (Å²) in [4.78, 5) is 30.3. The van der Waals surface area contributed by atoms with Crippen LogP contribution in [0.25, 0.3) is 0 Å². The lowest BCUT2D eigenvalue weighted by molar-refractivity contribution is 0.0747. The number of hydrogen-bond acceptors (Lipinski definition) is 5. The second kappa shape index (κ2) is 7.43. The lowest BCUT2D eigenvalue weighted by Crippen LogP contribution is -2.38. The summed E-state index contributed by atoms with van der Waals surface area (Å²) in [6.45, 7) is 0. The minimum atomic E-state index is -3.12. The van der Waals surface area contributed by atoms with E-state index in [2.05, 4.69) is 10.3 Å². The molecule has 1 fully saturated rings. The summed E-state index contributed by atoms with van der Waals surface area (Å²) in [5.41, 5.74) is 0.491. The van der Waals surface area contributed by atoms with Crippen molar-refractivity contribution in [2.75, 3.05) is 23.9 Å². The maximum absolute atomic E-state index is 13.2. The third-order valence-corrected chi connectivity index (χ3v) is 6.15. The normalized spacial score (nSPS) is 18.1. The summed E-state index contributed by atoms with van der Waals surface area (Å²) in [5.74, 6) is -1.46. The first-order chi connectivity index (χ1) is 12.7. The molecule has 2 amide bonds. The Hall–Kier alpha value is -2.81. The predicted molar refractivity (Wildman–Crippen MR) is 97.7 cm³/mol. The van der Waals surface area contributed by atoms with Crippen molar-refractivity contribution < 1.29 is 22.4 Å². The zero-order chi connectivity index (χ0) is 19.6. The van der Waals surface area contributed by atoms with Gasteiger partial charge < -0.3 is 10.2 Å². The monoisotopic (exact) mass is 391 g/mol. The number of anilines is 1. The van der Waals surface area contributed by atoms with Gasteiger partial charge in [-0.25, -0.2) is 12.8 Å². The van der Waals surface area contributed by atoms with Gasteiger partial charge in [0.15, 0.2) is 9.84 Å². The van der Waals surface area contributed by atoms with Crippen molar-refractivity contribution in [3.8, 4) is 0 Å². The maximum atomic E-state index is 13.2. The van der Waals surface area contributed by atoms with Gasteiger partial charge in [-0.05, 0) is 36.8 Å². The molecule has 142 valence electrons. The van der Waals surface area contributed by atoms with Crippen LogP contribution in [-0.2, 0) is 9.84 Å². The summed E-state index contributed by atoms with van der Waals surface area (Å²) in [6.07, 6.45) is 1.72. The number of benzene rings is 1. The van der Waals surface area contributed by atoms with Crippen molar-refractivity contribution in [2.24, 2.45) is 0 Å². The first-order valence-electron chi connectivity index (χ1n) is 8.26. The summed E-state index contributed by atoms with van der Waals surface area (Å²) in [5, 5.41) is 2.51. The van der Waals surface area contributed by atoms with E-state index in [9.17, 15) is 22.4 Å². The highest BCUT2D eigenvalue weighted by Gasteiger charge is 2.33. The van der Waals surface area contributed by atoms with Crippen LogP contribution in [-0.4, -0.2) is 54.7 Å².